The Morgan fingerprint density at radius 1 is 1.05 bits per heavy atom. The maximum atomic E-state index is 13.7. The van der Waals surface area contributed by atoms with Gasteiger partial charge in [-0.15, -0.1) is 0 Å². The predicted molar refractivity (Wildman–Crippen MR) is 74.2 cm³/mol. The first-order chi connectivity index (χ1) is 9.47. The Balaban J connectivity index is 2.19. The maximum absolute atomic E-state index is 13.7. The van der Waals surface area contributed by atoms with Gasteiger partial charge in [0.1, 0.15) is 5.82 Å². The molecular weight excluding hydrogens is 333 g/mol. The minimum atomic E-state index is -2.59. The summed E-state index contributed by atoms with van der Waals surface area (Å²) >= 11 is 3.15. The van der Waals surface area contributed by atoms with Crippen LogP contribution in [0.4, 0.5) is 13.2 Å². The molecule has 0 aliphatic heterocycles. The lowest BCUT2D eigenvalue weighted by atomic mass is 9.99. The zero-order valence-corrected chi connectivity index (χ0v) is 11.9. The second-order valence-corrected chi connectivity index (χ2v) is 5.34. The monoisotopic (exact) mass is 344 g/mol. The van der Waals surface area contributed by atoms with E-state index in [1.54, 1.807) is 18.2 Å². The Kier molecular flexibility index (Phi) is 4.83. The minimum absolute atomic E-state index is 0.0335. The SMILES string of the molecule is OC(Cc1ccc(Br)cc1F)c1cccc(C(F)F)c1. The van der Waals surface area contributed by atoms with Crippen LogP contribution >= 0.6 is 15.9 Å². The highest BCUT2D eigenvalue weighted by molar-refractivity contribution is 9.10. The smallest absolute Gasteiger partial charge is 0.263 e. The van der Waals surface area contributed by atoms with E-state index in [0.717, 1.165) is 0 Å². The van der Waals surface area contributed by atoms with E-state index in [1.165, 1.54) is 24.3 Å². The molecule has 0 fully saturated rings. The van der Waals surface area contributed by atoms with E-state index in [4.69, 9.17) is 0 Å². The molecular formula is C15H12BrF3O. The zero-order valence-electron chi connectivity index (χ0n) is 10.4. The quantitative estimate of drug-likeness (QED) is 0.844. The molecule has 0 saturated heterocycles. The maximum Gasteiger partial charge on any atom is 0.263 e. The summed E-state index contributed by atoms with van der Waals surface area (Å²) in [5.74, 6) is -0.441. The molecule has 0 aliphatic rings. The first-order valence-electron chi connectivity index (χ1n) is 5.97. The molecule has 0 bridgehead atoms. The number of rotatable bonds is 4. The molecule has 20 heavy (non-hydrogen) atoms. The van der Waals surface area contributed by atoms with Gasteiger partial charge in [-0.3, -0.25) is 0 Å². The van der Waals surface area contributed by atoms with Crippen molar-refractivity contribution in [2.24, 2.45) is 0 Å². The van der Waals surface area contributed by atoms with Gasteiger partial charge in [0.25, 0.3) is 6.43 Å². The van der Waals surface area contributed by atoms with Crippen molar-refractivity contribution in [3.8, 4) is 0 Å². The third kappa shape index (κ3) is 3.61. The lowest BCUT2D eigenvalue weighted by Crippen LogP contribution is -2.04. The lowest BCUT2D eigenvalue weighted by molar-refractivity contribution is 0.149. The molecule has 2 rings (SSSR count). The molecule has 5 heteroatoms. The summed E-state index contributed by atoms with van der Waals surface area (Å²) in [6.45, 7) is 0. The Labute approximate surface area is 123 Å². The molecule has 0 radical (unpaired) electrons. The van der Waals surface area contributed by atoms with Crippen LogP contribution in [-0.2, 0) is 6.42 Å². The molecule has 1 atom stereocenters. The minimum Gasteiger partial charge on any atom is -0.388 e. The summed E-state index contributed by atoms with van der Waals surface area (Å²) in [4.78, 5) is 0. The van der Waals surface area contributed by atoms with Crippen molar-refractivity contribution in [1.82, 2.24) is 0 Å². The Hall–Kier alpha value is -1.33. The lowest BCUT2D eigenvalue weighted by Gasteiger charge is -2.13. The summed E-state index contributed by atoms with van der Waals surface area (Å²) < 4.78 is 39.5. The molecule has 106 valence electrons. The van der Waals surface area contributed by atoms with Crippen LogP contribution in [-0.4, -0.2) is 5.11 Å². The second kappa shape index (κ2) is 6.41. The van der Waals surface area contributed by atoms with Crippen LogP contribution in [0.3, 0.4) is 0 Å². The van der Waals surface area contributed by atoms with Crippen LogP contribution in [0.25, 0.3) is 0 Å². The fourth-order valence-electron chi connectivity index (χ4n) is 1.92. The highest BCUT2D eigenvalue weighted by atomic mass is 79.9. The van der Waals surface area contributed by atoms with E-state index in [9.17, 15) is 18.3 Å². The van der Waals surface area contributed by atoms with Crippen molar-refractivity contribution < 1.29 is 18.3 Å². The highest BCUT2D eigenvalue weighted by Gasteiger charge is 2.14. The standard InChI is InChI=1S/C15H12BrF3O/c16-12-5-4-9(13(17)8-12)7-14(20)10-2-1-3-11(6-10)15(18)19/h1-6,8,14-15,20H,7H2. The molecule has 0 spiro atoms. The van der Waals surface area contributed by atoms with E-state index in [0.29, 0.717) is 15.6 Å². The zero-order chi connectivity index (χ0) is 14.7. The van der Waals surface area contributed by atoms with Gasteiger partial charge in [-0.05, 0) is 29.3 Å². The van der Waals surface area contributed by atoms with E-state index in [2.05, 4.69) is 15.9 Å². The topological polar surface area (TPSA) is 20.2 Å². The van der Waals surface area contributed by atoms with E-state index < -0.39 is 18.3 Å². The van der Waals surface area contributed by atoms with Gasteiger partial charge in [-0.2, -0.15) is 0 Å². The van der Waals surface area contributed by atoms with Gasteiger partial charge >= 0.3 is 0 Å². The van der Waals surface area contributed by atoms with Crippen LogP contribution in [0.2, 0.25) is 0 Å². The first kappa shape index (κ1) is 15.1. The van der Waals surface area contributed by atoms with Gasteiger partial charge in [-0.25, -0.2) is 13.2 Å². The van der Waals surface area contributed by atoms with Crippen LogP contribution in [0.1, 0.15) is 29.2 Å². The Morgan fingerprint density at radius 2 is 1.75 bits per heavy atom. The molecule has 1 unspecified atom stereocenters. The molecule has 2 aromatic carbocycles. The van der Waals surface area contributed by atoms with Gasteiger partial charge in [-0.1, -0.05) is 40.2 Å². The van der Waals surface area contributed by atoms with Crippen LogP contribution in [0.5, 0.6) is 0 Å². The normalized spacial score (nSPS) is 12.7. The van der Waals surface area contributed by atoms with Gasteiger partial charge < -0.3 is 5.11 Å². The Bertz CT molecular complexity index is 601. The van der Waals surface area contributed by atoms with Crippen LogP contribution in [0, 0.1) is 5.82 Å². The van der Waals surface area contributed by atoms with Crippen molar-refractivity contribution in [2.75, 3.05) is 0 Å². The number of halogens is 4. The molecule has 0 aliphatic carbocycles. The van der Waals surface area contributed by atoms with Crippen molar-refractivity contribution in [3.05, 3.63) is 69.4 Å². The predicted octanol–water partition coefficient (Wildman–Crippen LogP) is 4.80. The van der Waals surface area contributed by atoms with Crippen molar-refractivity contribution in [2.45, 2.75) is 19.0 Å². The average molecular weight is 345 g/mol. The number of alkyl halides is 2. The van der Waals surface area contributed by atoms with Crippen LogP contribution < -0.4 is 0 Å². The molecule has 0 saturated carbocycles. The molecule has 2 aromatic rings. The van der Waals surface area contributed by atoms with Gasteiger partial charge in [0.15, 0.2) is 0 Å². The molecule has 1 N–H and O–H groups in total. The van der Waals surface area contributed by atoms with Crippen molar-refractivity contribution in [1.29, 1.82) is 0 Å². The number of aliphatic hydroxyl groups is 1. The van der Waals surface area contributed by atoms with E-state index in [-0.39, 0.29) is 12.0 Å². The van der Waals surface area contributed by atoms with Crippen molar-refractivity contribution in [3.63, 3.8) is 0 Å². The van der Waals surface area contributed by atoms with Gasteiger partial charge in [0, 0.05) is 16.5 Å². The largest absolute Gasteiger partial charge is 0.388 e. The third-order valence-electron chi connectivity index (χ3n) is 2.98. The summed E-state index contributed by atoms with van der Waals surface area (Å²) in [5, 5.41) is 10.1. The van der Waals surface area contributed by atoms with Crippen molar-refractivity contribution >= 4 is 15.9 Å². The number of benzene rings is 2. The highest BCUT2D eigenvalue weighted by Crippen LogP contribution is 2.26. The summed E-state index contributed by atoms with van der Waals surface area (Å²) in [6.07, 6.45) is -3.58. The average Bonchev–Trinajstić information content (AvgIpc) is 2.42. The number of aliphatic hydroxyl groups excluding tert-OH is 1. The second-order valence-electron chi connectivity index (χ2n) is 4.43. The summed E-state index contributed by atoms with van der Waals surface area (Å²) in [7, 11) is 0. The van der Waals surface area contributed by atoms with E-state index in [1.807, 2.05) is 0 Å². The summed E-state index contributed by atoms with van der Waals surface area (Å²) in [6, 6.07) is 10.1. The van der Waals surface area contributed by atoms with Crippen LogP contribution in [0.15, 0.2) is 46.9 Å². The molecule has 1 nitrogen and oxygen atoms in total. The fourth-order valence-corrected chi connectivity index (χ4v) is 2.25. The third-order valence-corrected chi connectivity index (χ3v) is 3.47. The summed E-state index contributed by atoms with van der Waals surface area (Å²) in [5.41, 5.74) is 0.533. The molecule has 0 heterocycles. The molecule has 0 aromatic heterocycles. The molecule has 0 amide bonds. The van der Waals surface area contributed by atoms with Gasteiger partial charge in [0.2, 0.25) is 0 Å². The first-order valence-corrected chi connectivity index (χ1v) is 6.76. The number of hydrogen-bond acceptors (Lipinski definition) is 1. The number of hydrogen-bond donors (Lipinski definition) is 1. The van der Waals surface area contributed by atoms with E-state index >= 15 is 0 Å². The van der Waals surface area contributed by atoms with Gasteiger partial charge in [0.05, 0.1) is 6.10 Å². The fraction of sp³-hybridized carbons (Fsp3) is 0.200. The Morgan fingerprint density at radius 3 is 2.40 bits per heavy atom.